The summed E-state index contributed by atoms with van der Waals surface area (Å²) in [6.07, 6.45) is 0.264. The number of aromatic nitrogens is 2. The van der Waals surface area contributed by atoms with Crippen LogP contribution < -0.4 is 20.6 Å². The maximum Gasteiger partial charge on any atom is 0.137 e. The van der Waals surface area contributed by atoms with Crippen LogP contribution in [0.3, 0.4) is 0 Å². The first-order chi connectivity index (χ1) is 10.4. The summed E-state index contributed by atoms with van der Waals surface area (Å²) in [7, 11) is 0. The number of aromatic carboxylic acids is 1. The molecule has 0 aliphatic heterocycles. The quantitative estimate of drug-likeness (QED) is 0.575. The lowest BCUT2D eigenvalue weighted by atomic mass is 10.1. The second kappa shape index (κ2) is 6.04. The smallest absolute Gasteiger partial charge is 0.137 e. The summed E-state index contributed by atoms with van der Waals surface area (Å²) in [6, 6.07) is 2.26. The predicted octanol–water partition coefficient (Wildman–Crippen LogP) is -3.34. The predicted molar refractivity (Wildman–Crippen MR) is 65.9 cm³/mol. The highest BCUT2D eigenvalue weighted by Crippen LogP contribution is 2.21. The van der Waals surface area contributed by atoms with Crippen LogP contribution in [-0.4, -0.2) is 33.9 Å². The van der Waals surface area contributed by atoms with Crippen molar-refractivity contribution in [1.82, 2.24) is 9.97 Å². The number of anilines is 1. The van der Waals surface area contributed by atoms with Crippen LogP contribution in [0.4, 0.5) is 5.82 Å². The summed E-state index contributed by atoms with van der Waals surface area (Å²) in [5, 5.41) is 35.0. The Morgan fingerprint density at radius 3 is 2.45 bits per heavy atom. The van der Waals surface area contributed by atoms with Gasteiger partial charge in [0.25, 0.3) is 0 Å². The van der Waals surface area contributed by atoms with Crippen LogP contribution in [0.25, 0.3) is 10.9 Å². The van der Waals surface area contributed by atoms with Crippen LogP contribution in [0.2, 0.25) is 0 Å². The number of nitrogens with zero attached hydrogens (tertiary/aromatic N) is 2. The molecular formula is C13H8N3O6-3. The zero-order valence-electron chi connectivity index (χ0n) is 10.9. The number of aliphatic carboxylic acids is 2. The van der Waals surface area contributed by atoms with Crippen molar-refractivity contribution in [3.63, 3.8) is 0 Å². The highest BCUT2D eigenvalue weighted by Gasteiger charge is 2.13. The van der Waals surface area contributed by atoms with E-state index in [9.17, 15) is 29.7 Å². The molecule has 114 valence electrons. The average molecular weight is 302 g/mol. The lowest BCUT2D eigenvalue weighted by molar-refractivity contribution is -0.316. The second-order valence-corrected chi connectivity index (χ2v) is 4.33. The van der Waals surface area contributed by atoms with E-state index in [1.54, 1.807) is 0 Å². The van der Waals surface area contributed by atoms with E-state index in [-0.39, 0.29) is 16.9 Å². The number of carboxylic acid groups (broad SMARTS) is 3. The number of benzene rings is 1. The fourth-order valence-corrected chi connectivity index (χ4v) is 1.82. The van der Waals surface area contributed by atoms with E-state index in [1.807, 2.05) is 0 Å². The molecule has 22 heavy (non-hydrogen) atoms. The van der Waals surface area contributed by atoms with Gasteiger partial charge in [-0.1, -0.05) is 6.07 Å². The van der Waals surface area contributed by atoms with E-state index in [0.717, 1.165) is 6.33 Å². The maximum atomic E-state index is 10.9. The summed E-state index contributed by atoms with van der Waals surface area (Å²) in [5.41, 5.74) is 0.119. The molecule has 1 heterocycles. The highest BCUT2D eigenvalue weighted by molar-refractivity contribution is 5.96. The number of hydrogen-bond acceptors (Lipinski definition) is 9. The summed E-state index contributed by atoms with van der Waals surface area (Å²) < 4.78 is 0. The summed E-state index contributed by atoms with van der Waals surface area (Å²) >= 11 is 0. The van der Waals surface area contributed by atoms with Gasteiger partial charge in [-0.05, 0) is 17.7 Å². The zero-order chi connectivity index (χ0) is 16.3. The largest absolute Gasteiger partial charge is 0.550 e. The molecule has 0 aliphatic carbocycles. The van der Waals surface area contributed by atoms with E-state index >= 15 is 0 Å². The van der Waals surface area contributed by atoms with Gasteiger partial charge in [-0.15, -0.1) is 0 Å². The molecule has 1 atom stereocenters. The Morgan fingerprint density at radius 1 is 1.14 bits per heavy atom. The third kappa shape index (κ3) is 3.26. The molecule has 0 unspecified atom stereocenters. The van der Waals surface area contributed by atoms with Gasteiger partial charge in [-0.3, -0.25) is 0 Å². The average Bonchev–Trinajstić information content (AvgIpc) is 2.45. The molecule has 0 saturated heterocycles. The Labute approximate surface area is 123 Å². The number of carbonyl (C=O) groups is 3. The molecule has 1 N–H and O–H groups in total. The molecule has 0 fully saturated rings. The standard InChI is InChI=1S/C13H11N3O6/c17-10(18)4-9(13(21)22)16-11-7-2-1-6(12(19)20)3-8(7)14-5-15-11/h1-3,5,9H,4H2,(H,17,18)(H,19,20)(H,21,22)(H,14,15,16)/p-3/t9-/m1/s1. The fraction of sp³-hybridized carbons (Fsp3) is 0.154. The molecule has 1 aromatic carbocycles. The minimum Gasteiger partial charge on any atom is -0.550 e. The Hall–Kier alpha value is -3.23. The monoisotopic (exact) mass is 302 g/mol. The highest BCUT2D eigenvalue weighted by atomic mass is 16.4. The molecule has 0 spiro atoms. The number of fused-ring (bicyclic) bond motifs is 1. The van der Waals surface area contributed by atoms with E-state index in [1.165, 1.54) is 18.2 Å². The summed E-state index contributed by atoms with van der Waals surface area (Å²) in [5.74, 6) is -4.56. The van der Waals surface area contributed by atoms with Gasteiger partial charge in [0, 0.05) is 17.8 Å². The molecular weight excluding hydrogens is 294 g/mol. The van der Waals surface area contributed by atoms with Crippen molar-refractivity contribution in [3.8, 4) is 0 Å². The Morgan fingerprint density at radius 2 is 1.86 bits per heavy atom. The summed E-state index contributed by atoms with van der Waals surface area (Å²) in [4.78, 5) is 39.9. The van der Waals surface area contributed by atoms with Gasteiger partial charge >= 0.3 is 0 Å². The van der Waals surface area contributed by atoms with E-state index < -0.39 is 30.4 Å². The molecule has 1 aromatic heterocycles. The van der Waals surface area contributed by atoms with Crippen LogP contribution in [0.1, 0.15) is 16.8 Å². The van der Waals surface area contributed by atoms with Crippen LogP contribution >= 0.6 is 0 Å². The van der Waals surface area contributed by atoms with E-state index in [0.29, 0.717) is 5.39 Å². The first-order valence-electron chi connectivity index (χ1n) is 6.02. The van der Waals surface area contributed by atoms with Crippen LogP contribution in [0, 0.1) is 0 Å². The second-order valence-electron chi connectivity index (χ2n) is 4.33. The van der Waals surface area contributed by atoms with Crippen molar-refractivity contribution in [2.45, 2.75) is 12.5 Å². The van der Waals surface area contributed by atoms with Gasteiger partial charge in [-0.25, -0.2) is 9.97 Å². The van der Waals surface area contributed by atoms with Gasteiger partial charge < -0.3 is 35.0 Å². The zero-order valence-corrected chi connectivity index (χ0v) is 10.9. The number of carbonyl (C=O) groups excluding carboxylic acids is 3. The van der Waals surface area contributed by atoms with Crippen LogP contribution in [-0.2, 0) is 9.59 Å². The maximum absolute atomic E-state index is 10.9. The lowest BCUT2D eigenvalue weighted by Crippen LogP contribution is -2.44. The first kappa shape index (κ1) is 15.2. The molecule has 2 rings (SSSR count). The topological polar surface area (TPSA) is 158 Å². The lowest BCUT2D eigenvalue weighted by Gasteiger charge is -2.21. The molecule has 9 nitrogen and oxygen atoms in total. The van der Waals surface area contributed by atoms with Gasteiger partial charge in [0.05, 0.1) is 23.5 Å². The number of nitrogens with one attached hydrogen (secondary N) is 1. The Balaban J connectivity index is 2.40. The first-order valence-corrected chi connectivity index (χ1v) is 6.02. The molecule has 9 heteroatoms. The SMILES string of the molecule is O=C([O-])C[C@@H](Nc1ncnc2cc(C(=O)[O-])ccc12)C(=O)[O-]. The molecule has 0 saturated carbocycles. The van der Waals surface area contributed by atoms with Crippen molar-refractivity contribution < 1.29 is 29.7 Å². The minimum atomic E-state index is -1.64. The number of carboxylic acids is 3. The third-order valence-corrected chi connectivity index (χ3v) is 2.84. The molecule has 0 radical (unpaired) electrons. The van der Waals surface area contributed by atoms with Gasteiger partial charge in [0.1, 0.15) is 12.1 Å². The molecule has 0 aliphatic rings. The van der Waals surface area contributed by atoms with Crippen LogP contribution in [0.5, 0.6) is 0 Å². The molecule has 0 amide bonds. The van der Waals surface area contributed by atoms with Crippen molar-refractivity contribution in [2.75, 3.05) is 5.32 Å². The van der Waals surface area contributed by atoms with Crippen molar-refractivity contribution in [1.29, 1.82) is 0 Å². The van der Waals surface area contributed by atoms with E-state index in [2.05, 4.69) is 15.3 Å². The fourth-order valence-electron chi connectivity index (χ4n) is 1.82. The van der Waals surface area contributed by atoms with Gasteiger partial charge in [0.15, 0.2) is 0 Å². The third-order valence-electron chi connectivity index (χ3n) is 2.84. The van der Waals surface area contributed by atoms with Gasteiger partial charge in [0.2, 0.25) is 0 Å². The summed E-state index contributed by atoms with van der Waals surface area (Å²) in [6.45, 7) is 0. The minimum absolute atomic E-state index is 0.0327. The number of rotatable bonds is 6. The van der Waals surface area contributed by atoms with Crippen LogP contribution in [0.15, 0.2) is 24.5 Å². The van der Waals surface area contributed by atoms with Crippen molar-refractivity contribution in [3.05, 3.63) is 30.1 Å². The van der Waals surface area contributed by atoms with E-state index in [4.69, 9.17) is 0 Å². The molecule has 2 aromatic rings. The normalized spacial score (nSPS) is 11.8. The number of hydrogen-bond donors (Lipinski definition) is 1. The van der Waals surface area contributed by atoms with Gasteiger partial charge in [-0.2, -0.15) is 0 Å². The Kier molecular flexibility index (Phi) is 4.16. The van der Waals surface area contributed by atoms with Crippen molar-refractivity contribution >= 4 is 34.6 Å². The van der Waals surface area contributed by atoms with Crippen molar-refractivity contribution in [2.24, 2.45) is 0 Å². The Bertz CT molecular complexity index is 761. The molecule has 0 bridgehead atoms.